The van der Waals surface area contributed by atoms with Crippen molar-refractivity contribution in [3.63, 3.8) is 0 Å². The molecule has 2 rings (SSSR count). The summed E-state index contributed by atoms with van der Waals surface area (Å²) in [5, 5.41) is 3.94. The molecule has 2 aromatic carbocycles. The standard InChI is InChI=1S/C16H19ClN2/c1-12(13-6-3-2-4-7-13)10-11-19-15-9-5-8-14(17)16(15)18/h2-9,12,19H,10-11,18H2,1H3. The van der Waals surface area contributed by atoms with Gasteiger partial charge in [-0.1, -0.05) is 54.9 Å². The molecule has 0 amide bonds. The smallest absolute Gasteiger partial charge is 0.0739 e. The lowest BCUT2D eigenvalue weighted by Gasteiger charge is -2.14. The van der Waals surface area contributed by atoms with Crippen LogP contribution in [0.4, 0.5) is 11.4 Å². The van der Waals surface area contributed by atoms with Gasteiger partial charge in [0.2, 0.25) is 0 Å². The summed E-state index contributed by atoms with van der Waals surface area (Å²) in [7, 11) is 0. The first kappa shape index (κ1) is 13.8. The van der Waals surface area contributed by atoms with E-state index in [4.69, 9.17) is 17.3 Å². The molecule has 0 bridgehead atoms. The van der Waals surface area contributed by atoms with Crippen molar-refractivity contribution in [1.29, 1.82) is 0 Å². The SMILES string of the molecule is CC(CCNc1cccc(Cl)c1N)c1ccccc1. The zero-order valence-electron chi connectivity index (χ0n) is 11.1. The van der Waals surface area contributed by atoms with Gasteiger partial charge in [-0.05, 0) is 30.0 Å². The van der Waals surface area contributed by atoms with Crippen molar-refractivity contribution in [3.05, 3.63) is 59.1 Å². The summed E-state index contributed by atoms with van der Waals surface area (Å²) in [6, 6.07) is 16.2. The number of benzene rings is 2. The highest BCUT2D eigenvalue weighted by Gasteiger charge is 2.06. The lowest BCUT2D eigenvalue weighted by Crippen LogP contribution is -2.07. The molecule has 0 aromatic heterocycles. The molecule has 0 heterocycles. The fourth-order valence-electron chi connectivity index (χ4n) is 2.06. The number of anilines is 2. The van der Waals surface area contributed by atoms with Gasteiger partial charge in [-0.3, -0.25) is 0 Å². The molecule has 0 fully saturated rings. The van der Waals surface area contributed by atoms with Gasteiger partial charge in [0.25, 0.3) is 0 Å². The van der Waals surface area contributed by atoms with Crippen molar-refractivity contribution in [3.8, 4) is 0 Å². The number of nitrogens with two attached hydrogens (primary N) is 1. The quantitative estimate of drug-likeness (QED) is 0.786. The second kappa shape index (κ2) is 6.48. The number of nitrogens with one attached hydrogen (secondary N) is 1. The summed E-state index contributed by atoms with van der Waals surface area (Å²) >= 11 is 5.99. The Bertz CT molecular complexity index is 526. The monoisotopic (exact) mass is 274 g/mol. The number of rotatable bonds is 5. The number of halogens is 1. The summed E-state index contributed by atoms with van der Waals surface area (Å²) in [5.41, 5.74) is 8.81. The molecular formula is C16H19ClN2. The molecule has 3 N–H and O–H groups in total. The number of para-hydroxylation sites is 1. The maximum Gasteiger partial charge on any atom is 0.0739 e. The first-order valence-corrected chi connectivity index (χ1v) is 6.89. The number of hydrogen-bond acceptors (Lipinski definition) is 2. The normalized spacial score (nSPS) is 12.1. The van der Waals surface area contributed by atoms with Gasteiger partial charge >= 0.3 is 0 Å². The summed E-state index contributed by atoms with van der Waals surface area (Å²) in [6.07, 6.45) is 1.05. The highest BCUT2D eigenvalue weighted by Crippen LogP contribution is 2.27. The Morgan fingerprint density at radius 1 is 1.11 bits per heavy atom. The van der Waals surface area contributed by atoms with E-state index >= 15 is 0 Å². The highest BCUT2D eigenvalue weighted by molar-refractivity contribution is 6.33. The summed E-state index contributed by atoms with van der Waals surface area (Å²) < 4.78 is 0. The fraction of sp³-hybridized carbons (Fsp3) is 0.250. The molecule has 0 saturated carbocycles. The Labute approximate surface area is 119 Å². The second-order valence-corrected chi connectivity index (χ2v) is 5.14. The van der Waals surface area contributed by atoms with E-state index in [0.29, 0.717) is 16.6 Å². The van der Waals surface area contributed by atoms with Crippen LogP contribution in [0.25, 0.3) is 0 Å². The average Bonchev–Trinajstić information content (AvgIpc) is 2.44. The van der Waals surface area contributed by atoms with E-state index in [2.05, 4.69) is 36.5 Å². The lowest BCUT2D eigenvalue weighted by molar-refractivity contribution is 0.706. The number of nitrogen functional groups attached to an aromatic ring is 1. The van der Waals surface area contributed by atoms with E-state index in [1.54, 1.807) is 6.07 Å². The van der Waals surface area contributed by atoms with E-state index in [-0.39, 0.29) is 0 Å². The van der Waals surface area contributed by atoms with Crippen molar-refractivity contribution < 1.29 is 0 Å². The number of hydrogen-bond donors (Lipinski definition) is 2. The van der Waals surface area contributed by atoms with Crippen LogP contribution in [-0.2, 0) is 0 Å². The van der Waals surface area contributed by atoms with Gasteiger partial charge in [0, 0.05) is 6.54 Å². The van der Waals surface area contributed by atoms with Gasteiger partial charge in [-0.25, -0.2) is 0 Å². The van der Waals surface area contributed by atoms with Crippen molar-refractivity contribution in [1.82, 2.24) is 0 Å². The van der Waals surface area contributed by atoms with E-state index in [1.807, 2.05) is 18.2 Å². The van der Waals surface area contributed by atoms with E-state index < -0.39 is 0 Å². The molecule has 0 saturated heterocycles. The third-order valence-corrected chi connectivity index (χ3v) is 3.64. The summed E-state index contributed by atoms with van der Waals surface area (Å²) in [5.74, 6) is 0.522. The average molecular weight is 275 g/mol. The maximum absolute atomic E-state index is 5.99. The topological polar surface area (TPSA) is 38.0 Å². The fourth-order valence-corrected chi connectivity index (χ4v) is 2.24. The molecule has 1 unspecified atom stereocenters. The Morgan fingerprint density at radius 2 is 1.84 bits per heavy atom. The van der Waals surface area contributed by atoms with Crippen molar-refractivity contribution in [2.45, 2.75) is 19.3 Å². The largest absolute Gasteiger partial charge is 0.396 e. The van der Waals surface area contributed by atoms with Crippen molar-refractivity contribution in [2.75, 3.05) is 17.6 Å². The van der Waals surface area contributed by atoms with Gasteiger partial charge in [-0.2, -0.15) is 0 Å². The van der Waals surface area contributed by atoms with Crippen LogP contribution in [0.15, 0.2) is 48.5 Å². The first-order chi connectivity index (χ1) is 9.18. The minimum absolute atomic E-state index is 0.522. The van der Waals surface area contributed by atoms with Crippen LogP contribution in [0.1, 0.15) is 24.8 Å². The molecule has 0 aliphatic carbocycles. The van der Waals surface area contributed by atoms with Crippen LogP contribution in [0.3, 0.4) is 0 Å². The zero-order chi connectivity index (χ0) is 13.7. The van der Waals surface area contributed by atoms with Gasteiger partial charge in [-0.15, -0.1) is 0 Å². The van der Waals surface area contributed by atoms with Crippen LogP contribution in [0.2, 0.25) is 5.02 Å². The molecule has 19 heavy (non-hydrogen) atoms. The summed E-state index contributed by atoms with van der Waals surface area (Å²) in [6.45, 7) is 3.11. The minimum atomic E-state index is 0.522. The second-order valence-electron chi connectivity index (χ2n) is 4.73. The Balaban J connectivity index is 1.88. The zero-order valence-corrected chi connectivity index (χ0v) is 11.8. The molecule has 3 heteroatoms. The molecule has 2 nitrogen and oxygen atoms in total. The highest BCUT2D eigenvalue weighted by atomic mass is 35.5. The maximum atomic E-state index is 5.99. The van der Waals surface area contributed by atoms with Gasteiger partial charge < -0.3 is 11.1 Å². The third-order valence-electron chi connectivity index (χ3n) is 3.31. The molecule has 2 aromatic rings. The molecule has 0 spiro atoms. The lowest BCUT2D eigenvalue weighted by atomic mass is 9.98. The third kappa shape index (κ3) is 3.65. The first-order valence-electron chi connectivity index (χ1n) is 6.51. The van der Waals surface area contributed by atoms with E-state index in [1.165, 1.54) is 5.56 Å². The predicted molar refractivity (Wildman–Crippen MR) is 83.8 cm³/mol. The molecule has 0 aliphatic rings. The van der Waals surface area contributed by atoms with Crippen molar-refractivity contribution >= 4 is 23.0 Å². The van der Waals surface area contributed by atoms with E-state index in [0.717, 1.165) is 18.7 Å². The molecule has 1 atom stereocenters. The van der Waals surface area contributed by atoms with Gasteiger partial charge in [0.05, 0.1) is 16.4 Å². The van der Waals surface area contributed by atoms with Gasteiger partial charge in [0.15, 0.2) is 0 Å². The Hall–Kier alpha value is -1.67. The van der Waals surface area contributed by atoms with Crippen LogP contribution in [0.5, 0.6) is 0 Å². The minimum Gasteiger partial charge on any atom is -0.396 e. The van der Waals surface area contributed by atoms with E-state index in [9.17, 15) is 0 Å². The van der Waals surface area contributed by atoms with Crippen molar-refractivity contribution in [2.24, 2.45) is 0 Å². The van der Waals surface area contributed by atoms with Crippen LogP contribution in [-0.4, -0.2) is 6.54 Å². The predicted octanol–water partition coefficient (Wildman–Crippen LogP) is 4.53. The van der Waals surface area contributed by atoms with Gasteiger partial charge in [0.1, 0.15) is 0 Å². The summed E-state index contributed by atoms with van der Waals surface area (Å²) in [4.78, 5) is 0. The molecule has 0 radical (unpaired) electrons. The van der Waals surface area contributed by atoms with Crippen LogP contribution in [0, 0.1) is 0 Å². The van der Waals surface area contributed by atoms with Crippen LogP contribution < -0.4 is 11.1 Å². The molecule has 0 aliphatic heterocycles. The molecular weight excluding hydrogens is 256 g/mol. The Morgan fingerprint density at radius 3 is 2.58 bits per heavy atom. The molecule has 100 valence electrons. The Kier molecular flexibility index (Phi) is 4.69. The van der Waals surface area contributed by atoms with Crippen LogP contribution >= 0.6 is 11.6 Å².